The molecular weight excluding hydrogens is 248 g/mol. The molecule has 0 radical (unpaired) electrons. The first kappa shape index (κ1) is 16.3. The van der Waals surface area contributed by atoms with Gasteiger partial charge in [0.2, 0.25) is 0 Å². The highest BCUT2D eigenvalue weighted by Gasteiger charge is 2.35. The van der Waals surface area contributed by atoms with Gasteiger partial charge in [-0.3, -0.25) is 4.90 Å². The van der Waals surface area contributed by atoms with Gasteiger partial charge in [0.15, 0.2) is 0 Å². The second-order valence-corrected chi connectivity index (χ2v) is 6.57. The fourth-order valence-electron chi connectivity index (χ4n) is 3.63. The number of hydrogen-bond acceptors (Lipinski definition) is 3. The molecule has 3 nitrogen and oxygen atoms in total. The first-order chi connectivity index (χ1) is 9.85. The lowest BCUT2D eigenvalue weighted by Gasteiger charge is -2.39. The number of fused-ring (bicyclic) bond motifs is 1. The smallest absolute Gasteiger partial charge is 0.0855 e. The van der Waals surface area contributed by atoms with Gasteiger partial charge in [0, 0.05) is 18.6 Å². The van der Waals surface area contributed by atoms with Crippen LogP contribution in [0.25, 0.3) is 0 Å². The number of ether oxygens (including phenoxy) is 1. The molecule has 0 saturated carbocycles. The van der Waals surface area contributed by atoms with Gasteiger partial charge >= 0.3 is 0 Å². The molecule has 1 N–H and O–H groups in total. The fourth-order valence-corrected chi connectivity index (χ4v) is 3.63. The number of morpholine rings is 1. The topological polar surface area (TPSA) is 24.5 Å². The number of rotatable bonds is 9. The van der Waals surface area contributed by atoms with Gasteiger partial charge in [-0.05, 0) is 38.8 Å². The van der Waals surface area contributed by atoms with Crippen LogP contribution in [0.1, 0.15) is 65.2 Å². The Kier molecular flexibility index (Phi) is 7.32. The SMILES string of the molecule is CCCCCCC(NCCC)C1CN2CCCC2CO1. The van der Waals surface area contributed by atoms with E-state index in [9.17, 15) is 0 Å². The maximum absolute atomic E-state index is 6.20. The van der Waals surface area contributed by atoms with E-state index in [1.165, 1.54) is 57.9 Å². The normalized spacial score (nSPS) is 28.5. The van der Waals surface area contributed by atoms with Crippen molar-refractivity contribution in [1.29, 1.82) is 0 Å². The minimum Gasteiger partial charge on any atom is -0.374 e. The minimum absolute atomic E-state index is 0.414. The Morgan fingerprint density at radius 2 is 2.10 bits per heavy atom. The second-order valence-electron chi connectivity index (χ2n) is 6.57. The van der Waals surface area contributed by atoms with E-state index in [1.807, 2.05) is 0 Å². The van der Waals surface area contributed by atoms with E-state index in [4.69, 9.17) is 4.74 Å². The Labute approximate surface area is 125 Å². The van der Waals surface area contributed by atoms with E-state index >= 15 is 0 Å². The molecule has 2 aliphatic rings. The molecule has 3 unspecified atom stereocenters. The van der Waals surface area contributed by atoms with Crippen molar-refractivity contribution < 1.29 is 4.74 Å². The highest BCUT2D eigenvalue weighted by atomic mass is 16.5. The van der Waals surface area contributed by atoms with Crippen LogP contribution in [0.5, 0.6) is 0 Å². The predicted molar refractivity (Wildman–Crippen MR) is 85.2 cm³/mol. The summed E-state index contributed by atoms with van der Waals surface area (Å²) >= 11 is 0. The third kappa shape index (κ3) is 4.71. The fraction of sp³-hybridized carbons (Fsp3) is 1.00. The molecule has 3 heteroatoms. The second kappa shape index (κ2) is 9.01. The van der Waals surface area contributed by atoms with Crippen LogP contribution in [0.15, 0.2) is 0 Å². The largest absolute Gasteiger partial charge is 0.374 e. The molecule has 2 aliphatic heterocycles. The molecule has 2 rings (SSSR count). The van der Waals surface area contributed by atoms with Crippen LogP contribution < -0.4 is 5.32 Å². The lowest BCUT2D eigenvalue weighted by atomic mass is 10.00. The van der Waals surface area contributed by atoms with Gasteiger partial charge in [0.1, 0.15) is 0 Å². The van der Waals surface area contributed by atoms with Crippen LogP contribution in [-0.4, -0.2) is 49.3 Å². The van der Waals surface area contributed by atoms with Crippen LogP contribution in [0.2, 0.25) is 0 Å². The zero-order valence-electron chi connectivity index (χ0n) is 13.6. The number of nitrogens with one attached hydrogen (secondary N) is 1. The van der Waals surface area contributed by atoms with Crippen molar-refractivity contribution in [2.75, 3.05) is 26.2 Å². The monoisotopic (exact) mass is 282 g/mol. The highest BCUT2D eigenvalue weighted by molar-refractivity contribution is 4.90. The summed E-state index contributed by atoms with van der Waals surface area (Å²) in [6.07, 6.45) is 11.0. The van der Waals surface area contributed by atoms with Crippen LogP contribution in [-0.2, 0) is 4.74 Å². The zero-order chi connectivity index (χ0) is 14.2. The molecule has 2 heterocycles. The van der Waals surface area contributed by atoms with Crippen LogP contribution in [0.4, 0.5) is 0 Å². The molecule has 0 spiro atoms. The molecular formula is C17H34N2O. The predicted octanol–water partition coefficient (Wildman–Crippen LogP) is 3.19. The van der Waals surface area contributed by atoms with E-state index in [1.54, 1.807) is 0 Å². The summed E-state index contributed by atoms with van der Waals surface area (Å²) in [5.74, 6) is 0. The number of unbranched alkanes of at least 4 members (excludes halogenated alkanes) is 3. The Morgan fingerprint density at radius 3 is 2.90 bits per heavy atom. The lowest BCUT2D eigenvalue weighted by molar-refractivity contribution is -0.0658. The van der Waals surface area contributed by atoms with Gasteiger partial charge in [0.25, 0.3) is 0 Å². The Bertz CT molecular complexity index is 259. The van der Waals surface area contributed by atoms with Crippen molar-refractivity contribution in [2.45, 2.75) is 83.4 Å². The molecule has 2 saturated heterocycles. The first-order valence-electron chi connectivity index (χ1n) is 8.94. The molecule has 20 heavy (non-hydrogen) atoms. The third-order valence-corrected chi connectivity index (χ3v) is 4.89. The molecule has 0 aromatic rings. The van der Waals surface area contributed by atoms with Gasteiger partial charge in [-0.1, -0.05) is 39.5 Å². The van der Waals surface area contributed by atoms with E-state index in [0.29, 0.717) is 12.1 Å². The van der Waals surface area contributed by atoms with Crippen molar-refractivity contribution in [3.8, 4) is 0 Å². The Hall–Kier alpha value is -0.120. The molecule has 0 aromatic carbocycles. The number of nitrogens with zero attached hydrogens (tertiary/aromatic N) is 1. The first-order valence-corrected chi connectivity index (χ1v) is 8.94. The molecule has 0 aromatic heterocycles. The molecule has 2 fully saturated rings. The van der Waals surface area contributed by atoms with E-state index in [2.05, 4.69) is 24.1 Å². The third-order valence-electron chi connectivity index (χ3n) is 4.89. The average Bonchev–Trinajstić information content (AvgIpc) is 2.94. The van der Waals surface area contributed by atoms with Crippen LogP contribution in [0, 0.1) is 0 Å². The van der Waals surface area contributed by atoms with Crippen molar-refractivity contribution in [2.24, 2.45) is 0 Å². The average molecular weight is 282 g/mol. The van der Waals surface area contributed by atoms with E-state index in [-0.39, 0.29) is 0 Å². The van der Waals surface area contributed by atoms with Crippen molar-refractivity contribution in [1.82, 2.24) is 10.2 Å². The number of hydrogen-bond donors (Lipinski definition) is 1. The maximum atomic E-state index is 6.20. The Balaban J connectivity index is 1.78. The minimum atomic E-state index is 0.414. The van der Waals surface area contributed by atoms with Crippen molar-refractivity contribution in [3.05, 3.63) is 0 Å². The summed E-state index contributed by atoms with van der Waals surface area (Å²) < 4.78 is 6.20. The van der Waals surface area contributed by atoms with Crippen LogP contribution >= 0.6 is 0 Å². The summed E-state index contributed by atoms with van der Waals surface area (Å²) in [6, 6.07) is 1.28. The van der Waals surface area contributed by atoms with Crippen molar-refractivity contribution >= 4 is 0 Å². The van der Waals surface area contributed by atoms with Gasteiger partial charge < -0.3 is 10.1 Å². The van der Waals surface area contributed by atoms with Gasteiger partial charge in [-0.25, -0.2) is 0 Å². The lowest BCUT2D eigenvalue weighted by Crippen LogP contribution is -2.54. The van der Waals surface area contributed by atoms with E-state index in [0.717, 1.165) is 25.7 Å². The summed E-state index contributed by atoms with van der Waals surface area (Å²) in [7, 11) is 0. The molecule has 3 atom stereocenters. The van der Waals surface area contributed by atoms with Gasteiger partial charge in [0.05, 0.1) is 12.7 Å². The summed E-state index contributed by atoms with van der Waals surface area (Å²) in [5, 5.41) is 3.74. The highest BCUT2D eigenvalue weighted by Crippen LogP contribution is 2.25. The zero-order valence-corrected chi connectivity index (χ0v) is 13.6. The summed E-state index contributed by atoms with van der Waals surface area (Å²) in [4.78, 5) is 2.67. The molecule has 0 aliphatic carbocycles. The van der Waals surface area contributed by atoms with Gasteiger partial charge in [-0.15, -0.1) is 0 Å². The quantitative estimate of drug-likeness (QED) is 0.657. The molecule has 0 bridgehead atoms. The summed E-state index contributed by atoms with van der Waals surface area (Å²) in [5.41, 5.74) is 0. The van der Waals surface area contributed by atoms with E-state index < -0.39 is 0 Å². The standard InChI is InChI=1S/C17H34N2O/c1-3-5-6-7-10-16(18-11-4-2)17-13-19-12-8-9-15(19)14-20-17/h15-18H,3-14H2,1-2H3. The molecule has 0 amide bonds. The van der Waals surface area contributed by atoms with Crippen LogP contribution in [0.3, 0.4) is 0 Å². The Morgan fingerprint density at radius 1 is 1.20 bits per heavy atom. The molecule has 118 valence electrons. The van der Waals surface area contributed by atoms with Gasteiger partial charge in [-0.2, -0.15) is 0 Å². The van der Waals surface area contributed by atoms with Crippen molar-refractivity contribution in [3.63, 3.8) is 0 Å². The summed E-state index contributed by atoms with van der Waals surface area (Å²) in [6.45, 7) is 9.07. The maximum Gasteiger partial charge on any atom is 0.0855 e.